The van der Waals surface area contributed by atoms with Gasteiger partial charge in [0, 0.05) is 0 Å². The Hall–Kier alpha value is -3.20. The molecule has 0 saturated carbocycles. The Kier molecular flexibility index (Phi) is 6.51. The first-order valence-corrected chi connectivity index (χ1v) is 9.91. The number of amides is 2. The summed E-state index contributed by atoms with van der Waals surface area (Å²) in [4.78, 5) is 37.9. The van der Waals surface area contributed by atoms with Crippen LogP contribution in [0.25, 0.3) is 6.08 Å². The molecule has 1 fully saturated rings. The van der Waals surface area contributed by atoms with Gasteiger partial charge >= 0.3 is 5.97 Å². The van der Waals surface area contributed by atoms with E-state index in [1.165, 1.54) is 26.4 Å². The van der Waals surface area contributed by atoms with Gasteiger partial charge in [-0.3, -0.25) is 14.5 Å². The highest BCUT2D eigenvalue weighted by Crippen LogP contribution is 2.35. The lowest BCUT2D eigenvalue weighted by Crippen LogP contribution is -2.27. The van der Waals surface area contributed by atoms with Crippen LogP contribution in [0.1, 0.15) is 35.7 Å². The van der Waals surface area contributed by atoms with Gasteiger partial charge in [-0.1, -0.05) is 6.07 Å². The summed E-state index contributed by atoms with van der Waals surface area (Å²) < 4.78 is 21.0. The fourth-order valence-electron chi connectivity index (χ4n) is 2.74. The molecule has 2 amide bonds. The summed E-state index contributed by atoms with van der Waals surface area (Å²) in [6.45, 7) is 3.75. The highest BCUT2D eigenvalue weighted by Gasteiger charge is 2.35. The molecule has 0 spiro atoms. The predicted molar refractivity (Wildman–Crippen MR) is 110 cm³/mol. The molecule has 1 aromatic heterocycles. The number of furan rings is 1. The number of carbonyl (C=O) groups excluding carboxylic acids is 3. The molecule has 0 bridgehead atoms. The molecule has 9 heteroatoms. The zero-order valence-corrected chi connectivity index (χ0v) is 17.8. The van der Waals surface area contributed by atoms with E-state index in [2.05, 4.69) is 4.74 Å². The molecule has 30 heavy (non-hydrogen) atoms. The maximum Gasteiger partial charge on any atom is 0.373 e. The van der Waals surface area contributed by atoms with Crippen molar-refractivity contribution >= 4 is 35.0 Å². The predicted octanol–water partition coefficient (Wildman–Crippen LogP) is 4.10. The molecule has 1 aromatic carbocycles. The van der Waals surface area contributed by atoms with Crippen LogP contribution in [0.3, 0.4) is 0 Å². The first-order valence-electron chi connectivity index (χ1n) is 9.09. The molecule has 0 aliphatic carbocycles. The van der Waals surface area contributed by atoms with Crippen molar-refractivity contribution < 1.29 is 33.0 Å². The van der Waals surface area contributed by atoms with Crippen LogP contribution in [0.15, 0.2) is 39.7 Å². The van der Waals surface area contributed by atoms with E-state index in [1.807, 2.05) is 13.8 Å². The molecule has 1 saturated heterocycles. The molecule has 8 nitrogen and oxygen atoms in total. The zero-order valence-electron chi connectivity index (χ0n) is 17.0. The molecule has 0 unspecified atom stereocenters. The molecule has 1 aliphatic heterocycles. The van der Waals surface area contributed by atoms with Crippen LogP contribution in [-0.4, -0.2) is 42.3 Å². The van der Waals surface area contributed by atoms with Gasteiger partial charge in [0.05, 0.1) is 31.8 Å². The third-order valence-electron chi connectivity index (χ3n) is 4.08. The van der Waals surface area contributed by atoms with Gasteiger partial charge in [-0.05, 0) is 61.5 Å². The van der Waals surface area contributed by atoms with E-state index < -0.39 is 17.1 Å². The number of esters is 1. The standard InChI is InChI=1S/C21H21NO7S/c1-12(2)28-15-7-5-13(9-17(15)26-3)10-18-19(23)22(21(25)30-18)11-14-6-8-16(29-14)20(24)27-4/h5-10,12H,11H2,1-4H3. The first kappa shape index (κ1) is 21.5. The van der Waals surface area contributed by atoms with Crippen molar-refractivity contribution in [3.63, 3.8) is 0 Å². The van der Waals surface area contributed by atoms with Crippen molar-refractivity contribution in [2.45, 2.75) is 26.5 Å². The van der Waals surface area contributed by atoms with E-state index in [4.69, 9.17) is 13.9 Å². The molecular formula is C21H21NO7S. The van der Waals surface area contributed by atoms with Gasteiger partial charge in [-0.2, -0.15) is 0 Å². The molecule has 0 N–H and O–H groups in total. The second-order valence-corrected chi connectivity index (χ2v) is 7.60. The molecule has 0 atom stereocenters. The Bertz CT molecular complexity index is 1010. The Morgan fingerprint density at radius 2 is 1.93 bits per heavy atom. The molecule has 0 radical (unpaired) electrons. The van der Waals surface area contributed by atoms with Crippen molar-refractivity contribution in [1.82, 2.24) is 4.90 Å². The van der Waals surface area contributed by atoms with Gasteiger partial charge in [0.25, 0.3) is 11.1 Å². The van der Waals surface area contributed by atoms with Crippen molar-refractivity contribution in [3.8, 4) is 11.5 Å². The molecule has 3 rings (SSSR count). The number of methoxy groups -OCH3 is 2. The van der Waals surface area contributed by atoms with E-state index in [0.717, 1.165) is 16.7 Å². The third kappa shape index (κ3) is 4.68. The van der Waals surface area contributed by atoms with Crippen LogP contribution < -0.4 is 9.47 Å². The number of carbonyl (C=O) groups is 3. The second-order valence-electron chi connectivity index (χ2n) is 6.60. The van der Waals surface area contributed by atoms with Gasteiger partial charge < -0.3 is 18.6 Å². The summed E-state index contributed by atoms with van der Waals surface area (Å²) in [5.41, 5.74) is 0.694. The van der Waals surface area contributed by atoms with Crippen molar-refractivity contribution in [2.75, 3.05) is 14.2 Å². The largest absolute Gasteiger partial charge is 0.493 e. The Labute approximate surface area is 177 Å². The van der Waals surface area contributed by atoms with Crippen LogP contribution in [0.4, 0.5) is 4.79 Å². The lowest BCUT2D eigenvalue weighted by Gasteiger charge is -2.14. The highest BCUT2D eigenvalue weighted by molar-refractivity contribution is 8.18. The van der Waals surface area contributed by atoms with E-state index in [0.29, 0.717) is 22.8 Å². The number of ether oxygens (including phenoxy) is 3. The fourth-order valence-corrected chi connectivity index (χ4v) is 3.58. The SMILES string of the molecule is COC(=O)c1ccc(CN2C(=O)SC(=Cc3ccc(OC(C)C)c(OC)c3)C2=O)o1. The Balaban J connectivity index is 1.77. The number of hydrogen-bond acceptors (Lipinski definition) is 8. The van der Waals surface area contributed by atoms with Crippen molar-refractivity contribution in [1.29, 1.82) is 0 Å². The van der Waals surface area contributed by atoms with E-state index in [1.54, 1.807) is 24.3 Å². The maximum absolute atomic E-state index is 12.7. The van der Waals surface area contributed by atoms with Gasteiger partial charge in [0.1, 0.15) is 5.76 Å². The average Bonchev–Trinajstić information content (AvgIpc) is 3.28. The van der Waals surface area contributed by atoms with Gasteiger partial charge in [0.15, 0.2) is 11.5 Å². The van der Waals surface area contributed by atoms with E-state index >= 15 is 0 Å². The number of nitrogens with zero attached hydrogens (tertiary/aromatic N) is 1. The maximum atomic E-state index is 12.7. The second kappa shape index (κ2) is 9.08. The Morgan fingerprint density at radius 3 is 2.60 bits per heavy atom. The normalized spacial score (nSPS) is 15.2. The minimum atomic E-state index is -0.630. The monoisotopic (exact) mass is 431 g/mol. The van der Waals surface area contributed by atoms with Crippen LogP contribution in [0.2, 0.25) is 0 Å². The fraction of sp³-hybridized carbons (Fsp3) is 0.286. The number of hydrogen-bond donors (Lipinski definition) is 0. The summed E-state index contributed by atoms with van der Waals surface area (Å²) in [6.07, 6.45) is 1.61. The quantitative estimate of drug-likeness (QED) is 0.478. The summed E-state index contributed by atoms with van der Waals surface area (Å²) in [6, 6.07) is 8.23. The molecule has 158 valence electrons. The average molecular weight is 431 g/mol. The molecule has 2 aromatic rings. The van der Waals surface area contributed by atoms with Crippen molar-refractivity contribution in [3.05, 3.63) is 52.3 Å². The topological polar surface area (TPSA) is 95.3 Å². The van der Waals surface area contributed by atoms with Crippen LogP contribution in [0, 0.1) is 0 Å². The van der Waals surface area contributed by atoms with Crippen LogP contribution in [0.5, 0.6) is 11.5 Å². The zero-order chi connectivity index (χ0) is 21.8. The van der Waals surface area contributed by atoms with Gasteiger partial charge in [-0.15, -0.1) is 0 Å². The number of imide groups is 1. The van der Waals surface area contributed by atoms with E-state index in [-0.39, 0.29) is 23.3 Å². The lowest BCUT2D eigenvalue weighted by atomic mass is 10.2. The molecular weight excluding hydrogens is 410 g/mol. The van der Waals surface area contributed by atoms with Crippen LogP contribution >= 0.6 is 11.8 Å². The van der Waals surface area contributed by atoms with E-state index in [9.17, 15) is 14.4 Å². The summed E-state index contributed by atoms with van der Waals surface area (Å²) in [5, 5.41) is -0.422. The summed E-state index contributed by atoms with van der Waals surface area (Å²) in [5.74, 6) is 0.359. The van der Waals surface area contributed by atoms with Gasteiger partial charge in [0.2, 0.25) is 5.76 Å². The minimum Gasteiger partial charge on any atom is -0.493 e. The van der Waals surface area contributed by atoms with Crippen LogP contribution in [-0.2, 0) is 16.1 Å². The lowest BCUT2D eigenvalue weighted by molar-refractivity contribution is -0.123. The molecule has 2 heterocycles. The minimum absolute atomic E-state index is 0.00538. The highest BCUT2D eigenvalue weighted by atomic mass is 32.2. The smallest absolute Gasteiger partial charge is 0.373 e. The summed E-state index contributed by atoms with van der Waals surface area (Å²) >= 11 is 0.835. The number of benzene rings is 1. The van der Waals surface area contributed by atoms with Gasteiger partial charge in [-0.25, -0.2) is 4.79 Å². The number of rotatable bonds is 7. The first-order chi connectivity index (χ1) is 14.3. The number of thioether (sulfide) groups is 1. The molecule has 1 aliphatic rings. The Morgan fingerprint density at radius 1 is 1.17 bits per heavy atom. The third-order valence-corrected chi connectivity index (χ3v) is 4.99. The van der Waals surface area contributed by atoms with Crippen molar-refractivity contribution in [2.24, 2.45) is 0 Å². The summed E-state index contributed by atoms with van der Waals surface area (Å²) in [7, 11) is 2.77.